The number of ether oxygens (including phenoxy) is 2. The number of carbonyl (C=O) groups excluding carboxylic acids is 1. The van der Waals surface area contributed by atoms with Gasteiger partial charge < -0.3 is 9.47 Å². The Hall–Kier alpha value is -4.12. The van der Waals surface area contributed by atoms with Crippen LogP contribution in [0.1, 0.15) is 10.6 Å². The second kappa shape index (κ2) is 8.32. The van der Waals surface area contributed by atoms with E-state index in [1.54, 1.807) is 4.57 Å². The molecule has 0 saturated heterocycles. The maximum Gasteiger partial charge on any atom is 0.270 e. The van der Waals surface area contributed by atoms with E-state index < -0.39 is 0 Å². The Bertz CT molecular complexity index is 1350. The summed E-state index contributed by atoms with van der Waals surface area (Å²) in [4.78, 5) is 17.7. The molecule has 0 amide bonds. The lowest BCUT2D eigenvalue weighted by molar-refractivity contribution is 0.0834. The second-order valence-corrected chi connectivity index (χ2v) is 7.11. The van der Waals surface area contributed by atoms with Crippen molar-refractivity contribution in [3.63, 3.8) is 0 Å². The van der Waals surface area contributed by atoms with Crippen LogP contribution in [0.3, 0.4) is 0 Å². The van der Waals surface area contributed by atoms with Crippen molar-refractivity contribution in [3.8, 4) is 11.5 Å². The molecule has 5 rings (SSSR count). The van der Waals surface area contributed by atoms with Crippen molar-refractivity contribution in [2.75, 3.05) is 6.61 Å². The van der Waals surface area contributed by atoms with Gasteiger partial charge in [0.2, 0.25) is 0 Å². The average Bonchev–Trinajstić information content (AvgIpc) is 3.20. The Kier molecular flexibility index (Phi) is 5.07. The van der Waals surface area contributed by atoms with Crippen LogP contribution < -0.4 is 9.47 Å². The van der Waals surface area contributed by atoms with E-state index in [1.807, 2.05) is 97.1 Å². The van der Waals surface area contributed by atoms with Gasteiger partial charge >= 0.3 is 0 Å². The Morgan fingerprint density at radius 2 is 1.52 bits per heavy atom. The number of carbonyl (C=O) groups is 1. The summed E-state index contributed by atoms with van der Waals surface area (Å²) in [6.07, 6.45) is 0. The SMILES string of the molecule is O=C(COc1ccccc1)n1c(COc2cccc3ccccc23)nc2ccccc21. The van der Waals surface area contributed by atoms with Crippen LogP contribution in [0.2, 0.25) is 0 Å². The van der Waals surface area contributed by atoms with E-state index in [1.165, 1.54) is 0 Å². The van der Waals surface area contributed by atoms with E-state index in [0.29, 0.717) is 11.6 Å². The van der Waals surface area contributed by atoms with E-state index >= 15 is 0 Å². The van der Waals surface area contributed by atoms with E-state index in [-0.39, 0.29) is 19.1 Å². The summed E-state index contributed by atoms with van der Waals surface area (Å²) in [5, 5.41) is 2.12. The molecule has 0 aliphatic carbocycles. The van der Waals surface area contributed by atoms with Crippen LogP contribution in [0.15, 0.2) is 97.1 Å². The zero-order chi connectivity index (χ0) is 21.0. The van der Waals surface area contributed by atoms with Crippen molar-refractivity contribution >= 4 is 27.7 Å². The molecule has 31 heavy (non-hydrogen) atoms. The Morgan fingerprint density at radius 1 is 0.774 bits per heavy atom. The van der Waals surface area contributed by atoms with Gasteiger partial charge in [0.05, 0.1) is 11.0 Å². The fourth-order valence-corrected chi connectivity index (χ4v) is 3.64. The first-order valence-electron chi connectivity index (χ1n) is 10.1. The molecular formula is C26H20N2O3. The van der Waals surface area contributed by atoms with Crippen LogP contribution in [-0.2, 0) is 6.61 Å². The third kappa shape index (κ3) is 3.85. The minimum Gasteiger partial charge on any atom is -0.485 e. The third-order valence-corrected chi connectivity index (χ3v) is 5.09. The molecule has 5 nitrogen and oxygen atoms in total. The lowest BCUT2D eigenvalue weighted by Gasteiger charge is -2.12. The maximum atomic E-state index is 13.1. The molecule has 0 unspecified atom stereocenters. The lowest BCUT2D eigenvalue weighted by atomic mass is 10.1. The van der Waals surface area contributed by atoms with E-state index in [4.69, 9.17) is 9.47 Å². The molecule has 0 fully saturated rings. The predicted molar refractivity (Wildman–Crippen MR) is 121 cm³/mol. The molecule has 1 heterocycles. The molecule has 0 N–H and O–H groups in total. The van der Waals surface area contributed by atoms with Gasteiger partial charge in [-0.25, -0.2) is 4.98 Å². The third-order valence-electron chi connectivity index (χ3n) is 5.09. The average molecular weight is 408 g/mol. The molecule has 0 radical (unpaired) electrons. The van der Waals surface area contributed by atoms with E-state index in [0.717, 1.165) is 27.6 Å². The monoisotopic (exact) mass is 408 g/mol. The topological polar surface area (TPSA) is 53.4 Å². The smallest absolute Gasteiger partial charge is 0.270 e. The van der Waals surface area contributed by atoms with Gasteiger partial charge in [0.25, 0.3) is 5.91 Å². The highest BCUT2D eigenvalue weighted by Gasteiger charge is 2.18. The Morgan fingerprint density at radius 3 is 2.42 bits per heavy atom. The van der Waals surface area contributed by atoms with Gasteiger partial charge in [-0.1, -0.05) is 66.7 Å². The fraction of sp³-hybridized carbons (Fsp3) is 0.0769. The standard InChI is InChI=1S/C26H20N2O3/c29-26(18-30-20-11-2-1-3-12-20)28-23-15-7-6-14-22(23)27-25(28)17-31-24-16-8-10-19-9-4-5-13-21(19)24/h1-16H,17-18H2. The molecule has 0 aliphatic heterocycles. The van der Waals surface area contributed by atoms with E-state index in [9.17, 15) is 4.79 Å². The predicted octanol–water partition coefficient (Wildman–Crippen LogP) is 5.49. The largest absolute Gasteiger partial charge is 0.485 e. The molecule has 5 aromatic rings. The quantitative estimate of drug-likeness (QED) is 0.373. The molecule has 0 atom stereocenters. The summed E-state index contributed by atoms with van der Waals surface area (Å²) in [6.45, 7) is 0.0748. The molecular weight excluding hydrogens is 388 g/mol. The van der Waals surface area contributed by atoms with Crippen LogP contribution >= 0.6 is 0 Å². The second-order valence-electron chi connectivity index (χ2n) is 7.11. The maximum absolute atomic E-state index is 13.1. The number of para-hydroxylation sites is 3. The Labute approximate surface area is 179 Å². The molecule has 5 heteroatoms. The van der Waals surface area contributed by atoms with Crippen molar-refractivity contribution in [2.24, 2.45) is 0 Å². The van der Waals surface area contributed by atoms with Gasteiger partial charge in [0.15, 0.2) is 12.4 Å². The highest BCUT2D eigenvalue weighted by Crippen LogP contribution is 2.26. The first-order valence-corrected chi connectivity index (χ1v) is 10.1. The summed E-state index contributed by atoms with van der Waals surface area (Å²) in [5.41, 5.74) is 1.48. The zero-order valence-electron chi connectivity index (χ0n) is 16.8. The van der Waals surface area contributed by atoms with Gasteiger partial charge in [-0.2, -0.15) is 0 Å². The normalized spacial score (nSPS) is 11.0. The number of fused-ring (bicyclic) bond motifs is 2. The summed E-state index contributed by atoms with van der Waals surface area (Å²) in [6, 6.07) is 30.8. The minimum atomic E-state index is -0.200. The molecule has 0 aliphatic rings. The molecule has 1 aromatic heterocycles. The number of hydrogen-bond acceptors (Lipinski definition) is 4. The molecule has 152 valence electrons. The molecule has 0 spiro atoms. The summed E-state index contributed by atoms with van der Waals surface area (Å²) < 4.78 is 13.4. The molecule has 4 aromatic carbocycles. The van der Waals surface area contributed by atoms with Gasteiger partial charge in [-0.05, 0) is 35.7 Å². The van der Waals surface area contributed by atoms with Crippen molar-refractivity contribution in [3.05, 3.63) is 103 Å². The van der Waals surface area contributed by atoms with Crippen molar-refractivity contribution in [1.29, 1.82) is 0 Å². The summed E-state index contributed by atoms with van der Waals surface area (Å²) in [7, 11) is 0. The van der Waals surface area contributed by atoms with Crippen LogP contribution in [-0.4, -0.2) is 22.1 Å². The Balaban J connectivity index is 1.43. The van der Waals surface area contributed by atoms with Gasteiger partial charge in [-0.15, -0.1) is 0 Å². The van der Waals surface area contributed by atoms with Crippen LogP contribution in [0, 0.1) is 0 Å². The molecule has 0 bridgehead atoms. The van der Waals surface area contributed by atoms with E-state index in [2.05, 4.69) is 4.98 Å². The number of nitrogens with zero attached hydrogens (tertiary/aromatic N) is 2. The van der Waals surface area contributed by atoms with Crippen molar-refractivity contribution < 1.29 is 14.3 Å². The molecule has 0 saturated carbocycles. The van der Waals surface area contributed by atoms with Crippen molar-refractivity contribution in [1.82, 2.24) is 9.55 Å². The first kappa shape index (κ1) is 18.9. The number of imidazole rings is 1. The first-order chi connectivity index (χ1) is 15.3. The van der Waals surface area contributed by atoms with Crippen LogP contribution in [0.5, 0.6) is 11.5 Å². The summed E-state index contributed by atoms with van der Waals surface area (Å²) >= 11 is 0. The number of rotatable bonds is 6. The van der Waals surface area contributed by atoms with Gasteiger partial charge in [0.1, 0.15) is 18.1 Å². The summed E-state index contributed by atoms with van der Waals surface area (Å²) in [5.74, 6) is 1.74. The van der Waals surface area contributed by atoms with Gasteiger partial charge in [0, 0.05) is 5.39 Å². The number of aromatic nitrogens is 2. The van der Waals surface area contributed by atoms with Crippen LogP contribution in [0.4, 0.5) is 0 Å². The number of hydrogen-bond donors (Lipinski definition) is 0. The van der Waals surface area contributed by atoms with Gasteiger partial charge in [-0.3, -0.25) is 9.36 Å². The highest BCUT2D eigenvalue weighted by atomic mass is 16.5. The highest BCUT2D eigenvalue weighted by molar-refractivity contribution is 5.92. The minimum absolute atomic E-state index is 0.0916. The van der Waals surface area contributed by atoms with Crippen molar-refractivity contribution in [2.45, 2.75) is 6.61 Å². The number of benzene rings is 4. The fourth-order valence-electron chi connectivity index (χ4n) is 3.64. The van der Waals surface area contributed by atoms with Crippen LogP contribution in [0.25, 0.3) is 21.8 Å². The zero-order valence-corrected chi connectivity index (χ0v) is 16.8. The lowest BCUT2D eigenvalue weighted by Crippen LogP contribution is -2.22.